The van der Waals surface area contributed by atoms with Crippen LogP contribution in [0.4, 0.5) is 11.4 Å². The number of carbonyl (C=O) groups excluding carboxylic acids is 2. The molecular formula is C25H23Cl2N3O5S. The fraction of sp³-hybridized carbons (Fsp3) is 0.200. The van der Waals surface area contributed by atoms with Crippen LogP contribution >= 0.6 is 23.2 Å². The lowest BCUT2D eigenvalue weighted by molar-refractivity contribution is -0.114. The van der Waals surface area contributed by atoms with Gasteiger partial charge < -0.3 is 15.0 Å². The fourth-order valence-corrected chi connectivity index (χ4v) is 5.44. The predicted molar refractivity (Wildman–Crippen MR) is 139 cm³/mol. The smallest absolute Gasteiger partial charge is 0.264 e. The average Bonchev–Trinajstić information content (AvgIpc) is 2.88. The predicted octanol–water partition coefficient (Wildman–Crippen LogP) is 4.30. The van der Waals surface area contributed by atoms with Gasteiger partial charge in [-0.2, -0.15) is 0 Å². The molecule has 1 aliphatic heterocycles. The van der Waals surface area contributed by atoms with E-state index >= 15 is 0 Å². The van der Waals surface area contributed by atoms with Gasteiger partial charge in [0.15, 0.2) is 0 Å². The highest BCUT2D eigenvalue weighted by Crippen LogP contribution is 2.27. The standard InChI is InChI=1S/C25H23Cl2N3O5S/c26-18-8-10-21(11-9-18)36(33,34)30(20-5-3-4-19(27)16-20)17-24(31)28-23-7-2-1-6-22(23)25(32)29-12-14-35-15-13-29/h1-11,16H,12-15,17H2,(H,28,31). The van der Waals surface area contributed by atoms with E-state index in [0.29, 0.717) is 41.9 Å². The van der Waals surface area contributed by atoms with Crippen molar-refractivity contribution in [3.8, 4) is 0 Å². The number of rotatable bonds is 7. The molecule has 0 radical (unpaired) electrons. The minimum atomic E-state index is -4.15. The summed E-state index contributed by atoms with van der Waals surface area (Å²) < 4.78 is 33.3. The number of nitrogens with one attached hydrogen (secondary N) is 1. The molecule has 11 heteroatoms. The summed E-state index contributed by atoms with van der Waals surface area (Å²) in [7, 11) is -4.15. The van der Waals surface area contributed by atoms with Gasteiger partial charge in [-0.25, -0.2) is 8.42 Å². The van der Waals surface area contributed by atoms with Crippen LogP contribution in [0.2, 0.25) is 10.0 Å². The number of halogens is 2. The van der Waals surface area contributed by atoms with Gasteiger partial charge >= 0.3 is 0 Å². The Balaban J connectivity index is 1.61. The number of hydrogen-bond donors (Lipinski definition) is 1. The number of sulfonamides is 1. The van der Waals surface area contributed by atoms with E-state index < -0.39 is 22.5 Å². The molecule has 1 fully saturated rings. The first-order valence-electron chi connectivity index (χ1n) is 11.1. The molecule has 188 valence electrons. The number of ether oxygens (including phenoxy) is 1. The molecule has 1 heterocycles. The molecule has 4 rings (SSSR count). The summed E-state index contributed by atoms with van der Waals surface area (Å²) in [6.45, 7) is 1.23. The van der Waals surface area contributed by atoms with Gasteiger partial charge in [0.2, 0.25) is 5.91 Å². The van der Waals surface area contributed by atoms with E-state index in [1.807, 2.05) is 0 Å². The van der Waals surface area contributed by atoms with Gasteiger partial charge in [-0.1, -0.05) is 41.4 Å². The van der Waals surface area contributed by atoms with Crippen LogP contribution in [0.3, 0.4) is 0 Å². The third-order valence-corrected chi connectivity index (χ3v) is 7.79. The summed E-state index contributed by atoms with van der Waals surface area (Å²) >= 11 is 12.0. The number of amides is 2. The van der Waals surface area contributed by atoms with E-state index in [1.165, 1.54) is 30.3 Å². The van der Waals surface area contributed by atoms with Gasteiger partial charge in [0.05, 0.1) is 35.0 Å². The van der Waals surface area contributed by atoms with Gasteiger partial charge in [0, 0.05) is 23.1 Å². The van der Waals surface area contributed by atoms with Crippen molar-refractivity contribution in [2.24, 2.45) is 0 Å². The van der Waals surface area contributed by atoms with Gasteiger partial charge in [0.25, 0.3) is 15.9 Å². The Bertz CT molecular complexity index is 1360. The number of anilines is 2. The van der Waals surface area contributed by atoms with Crippen molar-refractivity contribution in [2.45, 2.75) is 4.90 Å². The SMILES string of the molecule is O=C(CN(c1cccc(Cl)c1)S(=O)(=O)c1ccc(Cl)cc1)Nc1ccccc1C(=O)N1CCOCC1. The Labute approximate surface area is 219 Å². The summed E-state index contributed by atoms with van der Waals surface area (Å²) in [4.78, 5) is 27.8. The van der Waals surface area contributed by atoms with Crippen molar-refractivity contribution in [1.29, 1.82) is 0 Å². The van der Waals surface area contributed by atoms with Crippen molar-refractivity contribution in [1.82, 2.24) is 4.90 Å². The first-order chi connectivity index (χ1) is 17.3. The molecule has 0 unspecified atom stereocenters. The van der Waals surface area contributed by atoms with Crippen molar-refractivity contribution >= 4 is 56.4 Å². The van der Waals surface area contributed by atoms with E-state index in [-0.39, 0.29) is 22.2 Å². The zero-order chi connectivity index (χ0) is 25.7. The maximum atomic E-state index is 13.5. The van der Waals surface area contributed by atoms with E-state index in [1.54, 1.807) is 47.4 Å². The summed E-state index contributed by atoms with van der Waals surface area (Å²) in [5.41, 5.74) is 0.807. The fourth-order valence-electron chi connectivity index (χ4n) is 3.72. The molecule has 1 N–H and O–H groups in total. The van der Waals surface area contributed by atoms with Gasteiger partial charge in [-0.05, 0) is 54.6 Å². The molecule has 8 nitrogen and oxygen atoms in total. The van der Waals surface area contributed by atoms with Crippen LogP contribution in [0.25, 0.3) is 0 Å². The molecular weight excluding hydrogens is 525 g/mol. The maximum Gasteiger partial charge on any atom is 0.264 e. The summed E-state index contributed by atoms with van der Waals surface area (Å²) in [5, 5.41) is 3.39. The molecule has 3 aromatic rings. The topological polar surface area (TPSA) is 96.0 Å². The second-order valence-corrected chi connectivity index (χ2v) is 10.7. The lowest BCUT2D eigenvalue weighted by Gasteiger charge is -2.28. The number of carbonyl (C=O) groups is 2. The molecule has 0 bridgehead atoms. The van der Waals surface area contributed by atoms with E-state index in [9.17, 15) is 18.0 Å². The highest BCUT2D eigenvalue weighted by Gasteiger charge is 2.28. The number of benzene rings is 3. The van der Waals surface area contributed by atoms with Crippen LogP contribution in [0.15, 0.2) is 77.7 Å². The van der Waals surface area contributed by atoms with Gasteiger partial charge in [0.1, 0.15) is 6.54 Å². The third-order valence-electron chi connectivity index (χ3n) is 5.51. The summed E-state index contributed by atoms with van der Waals surface area (Å²) in [6.07, 6.45) is 0. The second-order valence-electron chi connectivity index (χ2n) is 7.94. The van der Waals surface area contributed by atoms with Gasteiger partial charge in [-0.3, -0.25) is 13.9 Å². The Morgan fingerprint density at radius 2 is 1.61 bits per heavy atom. The summed E-state index contributed by atoms with van der Waals surface area (Å²) in [5.74, 6) is -0.871. The Morgan fingerprint density at radius 1 is 0.917 bits per heavy atom. The number of hydrogen-bond acceptors (Lipinski definition) is 5. The molecule has 1 aliphatic rings. The zero-order valence-electron chi connectivity index (χ0n) is 19.1. The molecule has 0 saturated carbocycles. The van der Waals surface area contributed by atoms with Crippen molar-refractivity contribution < 1.29 is 22.7 Å². The lowest BCUT2D eigenvalue weighted by Crippen LogP contribution is -2.41. The average molecular weight is 548 g/mol. The first kappa shape index (κ1) is 26.0. The normalized spacial score (nSPS) is 13.8. The molecule has 36 heavy (non-hydrogen) atoms. The van der Waals surface area contributed by atoms with E-state index in [4.69, 9.17) is 27.9 Å². The third kappa shape index (κ3) is 5.99. The molecule has 0 atom stereocenters. The van der Waals surface area contributed by atoms with Crippen molar-refractivity contribution in [2.75, 3.05) is 42.5 Å². The van der Waals surface area contributed by atoms with Crippen molar-refractivity contribution in [3.05, 3.63) is 88.4 Å². The number of morpholine rings is 1. The maximum absolute atomic E-state index is 13.5. The Hall–Kier alpha value is -3.11. The summed E-state index contributed by atoms with van der Waals surface area (Å²) in [6, 6.07) is 18.4. The van der Waals surface area contributed by atoms with Crippen LogP contribution < -0.4 is 9.62 Å². The van der Waals surface area contributed by atoms with Crippen molar-refractivity contribution in [3.63, 3.8) is 0 Å². The van der Waals surface area contributed by atoms with Crippen LogP contribution in [0.5, 0.6) is 0 Å². The number of nitrogens with zero attached hydrogens (tertiary/aromatic N) is 2. The monoisotopic (exact) mass is 547 g/mol. The van der Waals surface area contributed by atoms with Crippen LogP contribution in [-0.4, -0.2) is 58.0 Å². The molecule has 3 aromatic carbocycles. The van der Waals surface area contributed by atoms with E-state index in [0.717, 1.165) is 4.31 Å². The number of para-hydroxylation sites is 1. The quantitative estimate of drug-likeness (QED) is 0.475. The Morgan fingerprint density at radius 3 is 2.31 bits per heavy atom. The largest absolute Gasteiger partial charge is 0.378 e. The van der Waals surface area contributed by atoms with Gasteiger partial charge in [-0.15, -0.1) is 0 Å². The zero-order valence-corrected chi connectivity index (χ0v) is 21.4. The Kier molecular flexibility index (Phi) is 8.15. The highest BCUT2D eigenvalue weighted by atomic mass is 35.5. The van der Waals surface area contributed by atoms with Crippen LogP contribution in [0.1, 0.15) is 10.4 Å². The highest BCUT2D eigenvalue weighted by molar-refractivity contribution is 7.92. The van der Waals surface area contributed by atoms with Crippen LogP contribution in [-0.2, 0) is 19.6 Å². The first-order valence-corrected chi connectivity index (χ1v) is 13.2. The molecule has 0 aromatic heterocycles. The second kappa shape index (κ2) is 11.3. The lowest BCUT2D eigenvalue weighted by atomic mass is 10.1. The van der Waals surface area contributed by atoms with Crippen LogP contribution in [0, 0.1) is 0 Å². The molecule has 2 amide bonds. The minimum absolute atomic E-state index is 0.0393. The minimum Gasteiger partial charge on any atom is -0.378 e. The molecule has 1 saturated heterocycles. The molecule has 0 spiro atoms. The van der Waals surface area contributed by atoms with E-state index in [2.05, 4.69) is 5.32 Å². The molecule has 0 aliphatic carbocycles.